The largest absolute Gasteiger partial charge is 0.383 e. The summed E-state index contributed by atoms with van der Waals surface area (Å²) in [7, 11) is 0. The lowest BCUT2D eigenvalue weighted by Crippen LogP contribution is -2.05. The van der Waals surface area contributed by atoms with Gasteiger partial charge in [-0.2, -0.15) is 0 Å². The number of nitrogens with two attached hydrogens (primary N) is 1. The van der Waals surface area contributed by atoms with E-state index in [2.05, 4.69) is 29.4 Å². The average Bonchev–Trinajstić information content (AvgIpc) is 2.71. The summed E-state index contributed by atoms with van der Waals surface area (Å²) >= 11 is 9.61. The number of allylic oxidation sites excluding steroid dienone is 1. The second-order valence-electron chi connectivity index (χ2n) is 4.54. The molecule has 0 saturated heterocycles. The van der Waals surface area contributed by atoms with E-state index in [1.165, 1.54) is 0 Å². The molecule has 0 radical (unpaired) electrons. The molecule has 0 aliphatic heterocycles. The lowest BCUT2D eigenvalue weighted by molar-refractivity contribution is 0.724. The molecule has 2 rings (SSSR count). The molecule has 0 unspecified atom stereocenters. The molecule has 2 aromatic rings. The van der Waals surface area contributed by atoms with Crippen molar-refractivity contribution in [1.29, 1.82) is 0 Å². The summed E-state index contributed by atoms with van der Waals surface area (Å²) in [4.78, 5) is 4.69. The number of aromatic nitrogens is 2. The minimum Gasteiger partial charge on any atom is -0.383 e. The van der Waals surface area contributed by atoms with Crippen LogP contribution < -0.4 is 5.73 Å². The first-order valence-electron chi connectivity index (χ1n) is 6.49. The monoisotopic (exact) mass is 353 g/mol. The van der Waals surface area contributed by atoms with Crippen molar-refractivity contribution in [3.8, 4) is 11.3 Å². The third-order valence-corrected chi connectivity index (χ3v) is 3.98. The van der Waals surface area contributed by atoms with Crippen molar-refractivity contribution in [3.05, 3.63) is 46.2 Å². The van der Waals surface area contributed by atoms with Gasteiger partial charge in [-0.05, 0) is 24.6 Å². The summed E-state index contributed by atoms with van der Waals surface area (Å²) in [6, 6.07) is 5.61. The van der Waals surface area contributed by atoms with E-state index in [4.69, 9.17) is 22.3 Å². The number of benzene rings is 1. The second-order valence-corrected chi connectivity index (χ2v) is 5.83. The van der Waals surface area contributed by atoms with E-state index in [1.807, 2.05) is 28.8 Å². The van der Waals surface area contributed by atoms with Gasteiger partial charge in [0.05, 0.1) is 0 Å². The minimum absolute atomic E-state index is 0.649. The number of halogens is 2. The molecular formula is C15H17BrClN3. The summed E-state index contributed by atoms with van der Waals surface area (Å²) < 4.78 is 2.93. The van der Waals surface area contributed by atoms with E-state index in [0.29, 0.717) is 17.4 Å². The molecule has 0 fully saturated rings. The van der Waals surface area contributed by atoms with Gasteiger partial charge in [-0.15, -0.1) is 6.58 Å². The third kappa shape index (κ3) is 2.91. The molecule has 5 heteroatoms. The zero-order valence-electron chi connectivity index (χ0n) is 11.4. The van der Waals surface area contributed by atoms with Crippen molar-refractivity contribution in [3.63, 3.8) is 0 Å². The maximum absolute atomic E-state index is 6.26. The van der Waals surface area contributed by atoms with Crippen LogP contribution in [0.5, 0.6) is 0 Å². The topological polar surface area (TPSA) is 43.8 Å². The number of hydrogen-bond acceptors (Lipinski definition) is 2. The summed E-state index contributed by atoms with van der Waals surface area (Å²) in [6.07, 6.45) is 3.73. The molecule has 1 aromatic heterocycles. The number of nitrogens with zero attached hydrogens (tertiary/aromatic N) is 2. The first-order valence-corrected chi connectivity index (χ1v) is 7.66. The van der Waals surface area contributed by atoms with Crippen molar-refractivity contribution in [1.82, 2.24) is 9.55 Å². The number of hydrogen-bond donors (Lipinski definition) is 1. The summed E-state index contributed by atoms with van der Waals surface area (Å²) in [5, 5.41) is 0.665. The molecule has 1 heterocycles. The summed E-state index contributed by atoms with van der Waals surface area (Å²) in [6.45, 7) is 6.56. The molecule has 0 spiro atoms. The van der Waals surface area contributed by atoms with Gasteiger partial charge in [0.15, 0.2) is 0 Å². The molecule has 1 aromatic carbocycles. The predicted molar refractivity (Wildman–Crippen MR) is 89.0 cm³/mol. The molecule has 0 bridgehead atoms. The molecule has 0 aliphatic carbocycles. The zero-order chi connectivity index (χ0) is 14.7. The molecule has 0 saturated carbocycles. The summed E-state index contributed by atoms with van der Waals surface area (Å²) in [5.74, 6) is 1.63. The Morgan fingerprint density at radius 1 is 1.50 bits per heavy atom. The maximum atomic E-state index is 6.26. The first-order chi connectivity index (χ1) is 9.58. The lowest BCUT2D eigenvalue weighted by atomic mass is 10.1. The second kappa shape index (κ2) is 6.46. The van der Waals surface area contributed by atoms with Crippen LogP contribution in [-0.2, 0) is 13.0 Å². The van der Waals surface area contributed by atoms with E-state index in [-0.39, 0.29) is 0 Å². The number of imidazole rings is 1. The predicted octanol–water partition coefficient (Wildman–Crippen LogP) is 4.69. The van der Waals surface area contributed by atoms with Crippen LogP contribution in [0.15, 0.2) is 35.3 Å². The van der Waals surface area contributed by atoms with Gasteiger partial charge in [0.2, 0.25) is 0 Å². The fourth-order valence-corrected chi connectivity index (χ4v) is 2.74. The van der Waals surface area contributed by atoms with Gasteiger partial charge < -0.3 is 10.3 Å². The maximum Gasteiger partial charge on any atom is 0.132 e. The number of aryl methyl sites for hydroxylation is 1. The Morgan fingerprint density at radius 3 is 2.90 bits per heavy atom. The molecule has 20 heavy (non-hydrogen) atoms. The zero-order valence-corrected chi connectivity index (χ0v) is 13.7. The van der Waals surface area contributed by atoms with Gasteiger partial charge in [-0.1, -0.05) is 40.5 Å². The lowest BCUT2D eigenvalue weighted by Gasteiger charge is -2.06. The highest BCUT2D eigenvalue weighted by Gasteiger charge is 2.17. The Labute approximate surface area is 132 Å². The van der Waals surface area contributed by atoms with Gasteiger partial charge in [0.25, 0.3) is 0 Å². The quantitative estimate of drug-likeness (QED) is 0.792. The van der Waals surface area contributed by atoms with E-state index in [1.54, 1.807) is 0 Å². The van der Waals surface area contributed by atoms with E-state index in [9.17, 15) is 0 Å². The Morgan fingerprint density at radius 2 is 2.25 bits per heavy atom. The third-order valence-electron chi connectivity index (χ3n) is 3.05. The number of rotatable bonds is 5. The Hall–Kier alpha value is -1.26. The van der Waals surface area contributed by atoms with Crippen molar-refractivity contribution < 1.29 is 0 Å². The highest BCUT2D eigenvalue weighted by atomic mass is 79.9. The highest BCUT2D eigenvalue weighted by Crippen LogP contribution is 2.34. The van der Waals surface area contributed by atoms with Crippen LogP contribution >= 0.6 is 27.5 Å². The van der Waals surface area contributed by atoms with Crippen molar-refractivity contribution >= 4 is 33.3 Å². The standard InChI is InChI=1S/C15H17BrClN3/c1-3-5-13-19-14(15(18)20(13)8-4-2)11-9-10(17)6-7-12(11)16/h4,6-7,9H,2-3,5,8,18H2,1H3. The van der Waals surface area contributed by atoms with Crippen LogP contribution in [0, 0.1) is 0 Å². The molecule has 3 nitrogen and oxygen atoms in total. The fraction of sp³-hybridized carbons (Fsp3) is 0.267. The van der Waals surface area contributed by atoms with Crippen molar-refractivity contribution in [2.45, 2.75) is 26.3 Å². The van der Waals surface area contributed by atoms with E-state index >= 15 is 0 Å². The van der Waals surface area contributed by atoms with Crippen LogP contribution in [0.3, 0.4) is 0 Å². The van der Waals surface area contributed by atoms with Gasteiger partial charge in [-0.3, -0.25) is 0 Å². The molecule has 106 valence electrons. The normalized spacial score (nSPS) is 10.8. The van der Waals surface area contributed by atoms with Crippen LogP contribution in [0.2, 0.25) is 5.02 Å². The van der Waals surface area contributed by atoms with E-state index in [0.717, 1.165) is 34.4 Å². The molecule has 0 atom stereocenters. The Kier molecular flexibility index (Phi) is 4.89. The number of nitrogen functional groups attached to an aromatic ring is 1. The first kappa shape index (κ1) is 15.1. The smallest absolute Gasteiger partial charge is 0.132 e. The average molecular weight is 355 g/mol. The van der Waals surface area contributed by atoms with Crippen LogP contribution in [-0.4, -0.2) is 9.55 Å². The molecule has 2 N–H and O–H groups in total. The SMILES string of the molecule is C=CCn1c(CCC)nc(-c2cc(Cl)ccc2Br)c1N. The Balaban J connectivity index is 2.59. The van der Waals surface area contributed by atoms with Gasteiger partial charge >= 0.3 is 0 Å². The van der Waals surface area contributed by atoms with Crippen LogP contribution in [0.4, 0.5) is 5.82 Å². The van der Waals surface area contributed by atoms with Gasteiger partial charge in [-0.25, -0.2) is 4.98 Å². The minimum atomic E-state index is 0.649. The van der Waals surface area contributed by atoms with Crippen LogP contribution in [0.25, 0.3) is 11.3 Å². The fourth-order valence-electron chi connectivity index (χ4n) is 2.14. The van der Waals surface area contributed by atoms with Gasteiger partial charge in [0, 0.05) is 28.0 Å². The van der Waals surface area contributed by atoms with Gasteiger partial charge in [0.1, 0.15) is 17.3 Å². The van der Waals surface area contributed by atoms with E-state index < -0.39 is 0 Å². The van der Waals surface area contributed by atoms with Crippen LogP contribution in [0.1, 0.15) is 19.2 Å². The molecular weight excluding hydrogens is 338 g/mol. The number of anilines is 1. The Bertz CT molecular complexity index is 634. The molecule has 0 aliphatic rings. The molecule has 0 amide bonds. The van der Waals surface area contributed by atoms with Crippen molar-refractivity contribution in [2.75, 3.05) is 5.73 Å². The highest BCUT2D eigenvalue weighted by molar-refractivity contribution is 9.10. The summed E-state index contributed by atoms with van der Waals surface area (Å²) in [5.41, 5.74) is 7.94. The van der Waals surface area contributed by atoms with Crippen molar-refractivity contribution in [2.24, 2.45) is 0 Å².